The van der Waals surface area contributed by atoms with Crippen molar-refractivity contribution >= 4 is 11.6 Å². The minimum absolute atomic E-state index is 0.371. The number of benzene rings is 1. The van der Waals surface area contributed by atoms with Gasteiger partial charge in [0.1, 0.15) is 12.3 Å². The van der Waals surface area contributed by atoms with Crippen LogP contribution >= 0.6 is 0 Å². The van der Waals surface area contributed by atoms with Gasteiger partial charge in [0.2, 0.25) is 5.90 Å². The fourth-order valence-electron chi connectivity index (χ4n) is 3.72. The van der Waals surface area contributed by atoms with E-state index in [0.717, 1.165) is 36.5 Å². The summed E-state index contributed by atoms with van der Waals surface area (Å²) in [5, 5.41) is 9.59. The number of hydrogen-bond donors (Lipinski definition) is 0. The molecule has 1 aromatic carbocycles. The quantitative estimate of drug-likeness (QED) is 0.192. The SMILES string of the molecule is CCCCCCCCCCCCOc1ccc(C2=CN=C(OC[C@@H](C)CC)CN2C#N)cc1. The van der Waals surface area contributed by atoms with Crippen LogP contribution in [0.4, 0.5) is 0 Å². The molecule has 0 fully saturated rings. The van der Waals surface area contributed by atoms with Gasteiger partial charge in [-0.3, -0.25) is 4.90 Å². The summed E-state index contributed by atoms with van der Waals surface area (Å²) in [6.07, 6.45) is 18.3. The molecule has 0 N–H and O–H groups in total. The number of unbranched alkanes of at least 4 members (excludes halogenated alkanes) is 9. The maximum Gasteiger partial charge on any atom is 0.209 e. The predicted molar refractivity (Wildman–Crippen MR) is 137 cm³/mol. The second kappa shape index (κ2) is 16.2. The van der Waals surface area contributed by atoms with E-state index in [4.69, 9.17) is 9.47 Å². The van der Waals surface area contributed by atoms with Crippen LogP contribution in [0.3, 0.4) is 0 Å². The van der Waals surface area contributed by atoms with Crippen LogP contribution < -0.4 is 4.74 Å². The van der Waals surface area contributed by atoms with E-state index in [9.17, 15) is 5.26 Å². The lowest BCUT2D eigenvalue weighted by Crippen LogP contribution is -2.29. The van der Waals surface area contributed by atoms with E-state index in [1.165, 1.54) is 57.8 Å². The second-order valence-electron chi connectivity index (χ2n) is 9.10. The first-order valence-electron chi connectivity index (χ1n) is 13.0. The van der Waals surface area contributed by atoms with Crippen LogP contribution in [0.25, 0.3) is 5.70 Å². The van der Waals surface area contributed by atoms with Gasteiger partial charge in [-0.05, 0) is 36.6 Å². The van der Waals surface area contributed by atoms with Crippen molar-refractivity contribution in [3.05, 3.63) is 36.0 Å². The Hall–Kier alpha value is -2.48. The van der Waals surface area contributed by atoms with E-state index < -0.39 is 0 Å². The van der Waals surface area contributed by atoms with E-state index in [0.29, 0.717) is 25.0 Å². The first kappa shape index (κ1) is 26.8. The van der Waals surface area contributed by atoms with Crippen molar-refractivity contribution in [2.24, 2.45) is 10.9 Å². The molecule has 0 radical (unpaired) electrons. The van der Waals surface area contributed by atoms with Crippen LogP contribution in [0.15, 0.2) is 35.5 Å². The van der Waals surface area contributed by atoms with E-state index in [2.05, 4.69) is 32.0 Å². The summed E-state index contributed by atoms with van der Waals surface area (Å²) in [7, 11) is 0. The molecule has 0 spiro atoms. The Morgan fingerprint density at radius 2 is 1.58 bits per heavy atom. The van der Waals surface area contributed by atoms with Crippen LogP contribution in [0.5, 0.6) is 5.75 Å². The zero-order valence-electron chi connectivity index (χ0n) is 21.0. The Labute approximate surface area is 201 Å². The van der Waals surface area contributed by atoms with Crippen molar-refractivity contribution in [3.63, 3.8) is 0 Å². The van der Waals surface area contributed by atoms with Crippen molar-refractivity contribution in [3.8, 4) is 11.9 Å². The Balaban J connectivity index is 1.70. The Morgan fingerprint density at radius 1 is 0.939 bits per heavy atom. The van der Waals surface area contributed by atoms with Gasteiger partial charge in [-0.1, -0.05) is 85.0 Å². The number of ether oxygens (including phenoxy) is 2. The van der Waals surface area contributed by atoms with Gasteiger partial charge in [0, 0.05) is 5.56 Å². The van der Waals surface area contributed by atoms with Crippen molar-refractivity contribution < 1.29 is 9.47 Å². The smallest absolute Gasteiger partial charge is 0.209 e. The molecule has 1 aliphatic heterocycles. The molecule has 0 bridgehead atoms. The molecule has 1 aromatic rings. The van der Waals surface area contributed by atoms with Gasteiger partial charge in [-0.15, -0.1) is 0 Å². The normalized spacial score (nSPS) is 14.3. The Morgan fingerprint density at radius 3 is 2.18 bits per heavy atom. The molecule has 1 atom stereocenters. The van der Waals surface area contributed by atoms with Gasteiger partial charge < -0.3 is 9.47 Å². The standard InChI is InChI=1S/C28H43N3O2/c1-4-6-7-8-9-10-11-12-13-14-19-32-26-17-15-25(16-18-26)27-20-30-28(21-31(27)23-29)33-22-24(3)5-2/h15-18,20,24H,4-14,19,21-22H2,1-3H3/t24-/m0/s1. The Kier molecular flexibility index (Phi) is 13.1. The van der Waals surface area contributed by atoms with Gasteiger partial charge in [0.15, 0.2) is 6.19 Å². The van der Waals surface area contributed by atoms with E-state index in [1.807, 2.05) is 24.3 Å². The number of nitriles is 1. The zero-order chi connectivity index (χ0) is 23.7. The second-order valence-corrected chi connectivity index (χ2v) is 9.10. The summed E-state index contributed by atoms with van der Waals surface area (Å²) < 4.78 is 11.7. The zero-order valence-corrected chi connectivity index (χ0v) is 21.0. The topological polar surface area (TPSA) is 57.9 Å². The maximum absolute atomic E-state index is 9.59. The molecule has 0 saturated carbocycles. The van der Waals surface area contributed by atoms with Gasteiger partial charge in [-0.2, -0.15) is 5.26 Å². The van der Waals surface area contributed by atoms with Crippen molar-refractivity contribution in [1.29, 1.82) is 5.26 Å². The number of aliphatic imine (C=N–C) groups is 1. The van der Waals surface area contributed by atoms with Crippen LogP contribution in [0, 0.1) is 17.4 Å². The molecule has 5 heteroatoms. The Bertz CT molecular complexity index is 764. The third-order valence-corrected chi connectivity index (χ3v) is 6.18. The molecule has 33 heavy (non-hydrogen) atoms. The van der Waals surface area contributed by atoms with E-state index >= 15 is 0 Å². The summed E-state index contributed by atoms with van der Waals surface area (Å²) in [6, 6.07) is 7.93. The van der Waals surface area contributed by atoms with Gasteiger partial charge >= 0.3 is 0 Å². The first-order valence-corrected chi connectivity index (χ1v) is 13.0. The van der Waals surface area contributed by atoms with Gasteiger partial charge in [0.25, 0.3) is 0 Å². The molecule has 0 amide bonds. The highest BCUT2D eigenvalue weighted by atomic mass is 16.5. The highest BCUT2D eigenvalue weighted by molar-refractivity contribution is 5.85. The molecule has 0 aliphatic carbocycles. The van der Waals surface area contributed by atoms with Crippen LogP contribution in [0.2, 0.25) is 0 Å². The molecule has 1 aliphatic rings. The number of rotatable bonds is 16. The summed E-state index contributed by atoms with van der Waals surface area (Å²) in [5.74, 6) is 1.94. The summed E-state index contributed by atoms with van der Waals surface area (Å²) in [5.41, 5.74) is 1.74. The number of hydrogen-bond acceptors (Lipinski definition) is 5. The third-order valence-electron chi connectivity index (χ3n) is 6.18. The van der Waals surface area contributed by atoms with E-state index in [-0.39, 0.29) is 0 Å². The lowest BCUT2D eigenvalue weighted by Gasteiger charge is -2.24. The van der Waals surface area contributed by atoms with Crippen molar-refractivity contribution in [2.45, 2.75) is 91.4 Å². The molecule has 182 valence electrons. The van der Waals surface area contributed by atoms with Gasteiger partial charge in [-0.25, -0.2) is 4.99 Å². The highest BCUT2D eigenvalue weighted by Crippen LogP contribution is 2.24. The summed E-state index contributed by atoms with van der Waals surface area (Å²) in [4.78, 5) is 6.06. The predicted octanol–water partition coefficient (Wildman–Crippen LogP) is 7.54. The minimum Gasteiger partial charge on any atom is -0.494 e. The van der Waals surface area contributed by atoms with Crippen molar-refractivity contribution in [2.75, 3.05) is 19.8 Å². The van der Waals surface area contributed by atoms with Crippen molar-refractivity contribution in [1.82, 2.24) is 4.90 Å². The lowest BCUT2D eigenvalue weighted by molar-refractivity contribution is 0.234. The molecule has 0 unspecified atom stereocenters. The average molecular weight is 454 g/mol. The third kappa shape index (κ3) is 10.3. The van der Waals surface area contributed by atoms with Crippen LogP contribution in [0.1, 0.15) is 97.0 Å². The highest BCUT2D eigenvalue weighted by Gasteiger charge is 2.19. The maximum atomic E-state index is 9.59. The minimum atomic E-state index is 0.371. The van der Waals surface area contributed by atoms with Gasteiger partial charge in [0.05, 0.1) is 25.1 Å². The molecule has 5 nitrogen and oxygen atoms in total. The first-order chi connectivity index (χ1) is 16.2. The fraction of sp³-hybridized carbons (Fsp3) is 0.643. The van der Waals surface area contributed by atoms with Crippen LogP contribution in [-0.2, 0) is 4.74 Å². The molecule has 1 heterocycles. The molecular formula is C28H43N3O2. The van der Waals surface area contributed by atoms with Crippen LogP contribution in [-0.4, -0.2) is 30.6 Å². The summed E-state index contributed by atoms with van der Waals surface area (Å²) >= 11 is 0. The van der Waals surface area contributed by atoms with E-state index in [1.54, 1.807) is 11.1 Å². The molecule has 0 saturated heterocycles. The number of nitrogens with zero attached hydrogens (tertiary/aromatic N) is 3. The molecule has 0 aromatic heterocycles. The summed E-state index contributed by atoms with van der Waals surface area (Å²) in [6.45, 7) is 8.30. The largest absolute Gasteiger partial charge is 0.494 e. The molecule has 2 rings (SSSR count). The lowest BCUT2D eigenvalue weighted by atomic mass is 10.1. The average Bonchev–Trinajstić information content (AvgIpc) is 2.86. The fourth-order valence-corrected chi connectivity index (χ4v) is 3.72. The monoisotopic (exact) mass is 453 g/mol. The molecular weight excluding hydrogens is 410 g/mol.